The van der Waals surface area contributed by atoms with Gasteiger partial charge in [0, 0.05) is 10.6 Å². The van der Waals surface area contributed by atoms with Gasteiger partial charge in [0.25, 0.3) is 0 Å². The highest BCUT2D eigenvalue weighted by Gasteiger charge is 2.14. The molecule has 0 atom stereocenters. The van der Waals surface area contributed by atoms with Crippen LogP contribution in [0.3, 0.4) is 0 Å². The quantitative estimate of drug-likeness (QED) is 0.657. The molecule has 6 heteroatoms. The van der Waals surface area contributed by atoms with Crippen molar-refractivity contribution in [1.29, 1.82) is 0 Å². The molecule has 0 saturated carbocycles. The number of benzene rings is 1. The fourth-order valence-corrected chi connectivity index (χ4v) is 2.28. The molecule has 0 aliphatic rings. The third-order valence-electron chi connectivity index (χ3n) is 2.28. The predicted octanol–water partition coefficient (Wildman–Crippen LogP) is 2.99. The summed E-state index contributed by atoms with van der Waals surface area (Å²) in [5.41, 5.74) is 5.51. The summed E-state index contributed by atoms with van der Waals surface area (Å²) in [7, 11) is 0. The highest BCUT2D eigenvalue weighted by atomic mass is 32.2. The molecular formula is C12H10FNO3S. The van der Waals surface area contributed by atoms with Crippen LogP contribution >= 0.6 is 11.8 Å². The number of rotatable bonds is 4. The maximum Gasteiger partial charge on any atom is 0.338 e. The minimum atomic E-state index is -1.33. The van der Waals surface area contributed by atoms with Crippen LogP contribution in [-0.4, -0.2) is 11.1 Å². The fraction of sp³-hybridized carbons (Fsp3) is 0.0833. The van der Waals surface area contributed by atoms with Gasteiger partial charge in [-0.25, -0.2) is 9.18 Å². The molecule has 0 amide bonds. The molecule has 0 aliphatic heterocycles. The maximum absolute atomic E-state index is 13.5. The molecule has 1 aromatic heterocycles. The molecule has 18 heavy (non-hydrogen) atoms. The van der Waals surface area contributed by atoms with Crippen molar-refractivity contribution < 1.29 is 18.7 Å². The van der Waals surface area contributed by atoms with Crippen molar-refractivity contribution >= 4 is 23.4 Å². The van der Waals surface area contributed by atoms with Crippen molar-refractivity contribution in [3.05, 3.63) is 47.7 Å². The lowest BCUT2D eigenvalue weighted by Gasteiger charge is -2.06. The van der Waals surface area contributed by atoms with Crippen LogP contribution < -0.4 is 5.73 Å². The molecule has 0 saturated heterocycles. The number of nitrogen functional groups attached to an aromatic ring is 1. The van der Waals surface area contributed by atoms with Crippen molar-refractivity contribution in [2.75, 3.05) is 5.73 Å². The third-order valence-corrected chi connectivity index (χ3v) is 3.37. The largest absolute Gasteiger partial charge is 0.478 e. The Morgan fingerprint density at radius 1 is 1.50 bits per heavy atom. The van der Waals surface area contributed by atoms with Crippen LogP contribution in [0.5, 0.6) is 0 Å². The number of carboxylic acids is 1. The Bertz CT molecular complexity index is 569. The number of aromatic carboxylic acids is 1. The van der Waals surface area contributed by atoms with E-state index in [0.717, 1.165) is 17.9 Å². The Morgan fingerprint density at radius 3 is 2.89 bits per heavy atom. The number of thioether (sulfide) groups is 1. The highest BCUT2D eigenvalue weighted by Crippen LogP contribution is 2.30. The van der Waals surface area contributed by atoms with E-state index in [4.69, 9.17) is 15.3 Å². The van der Waals surface area contributed by atoms with E-state index in [1.807, 2.05) is 0 Å². The second-order valence-electron chi connectivity index (χ2n) is 3.54. The van der Waals surface area contributed by atoms with E-state index in [0.29, 0.717) is 10.6 Å². The molecule has 3 N–H and O–H groups in total. The van der Waals surface area contributed by atoms with Crippen LogP contribution in [0.15, 0.2) is 39.8 Å². The first kappa shape index (κ1) is 12.5. The minimum absolute atomic E-state index is 0.241. The minimum Gasteiger partial charge on any atom is -0.478 e. The van der Waals surface area contributed by atoms with Crippen molar-refractivity contribution in [1.82, 2.24) is 0 Å². The summed E-state index contributed by atoms with van der Waals surface area (Å²) >= 11 is 1.29. The number of anilines is 1. The van der Waals surface area contributed by atoms with Gasteiger partial charge in [-0.1, -0.05) is 0 Å². The summed E-state index contributed by atoms with van der Waals surface area (Å²) in [6, 6.07) is 5.81. The Labute approximate surface area is 107 Å². The molecule has 94 valence electrons. The molecule has 4 nitrogen and oxygen atoms in total. The van der Waals surface area contributed by atoms with Gasteiger partial charge in [0.1, 0.15) is 11.6 Å². The number of furan rings is 1. The van der Waals surface area contributed by atoms with E-state index in [2.05, 4.69) is 0 Å². The predicted molar refractivity (Wildman–Crippen MR) is 66.0 cm³/mol. The van der Waals surface area contributed by atoms with E-state index < -0.39 is 17.3 Å². The monoisotopic (exact) mass is 267 g/mol. The van der Waals surface area contributed by atoms with Gasteiger partial charge in [0.15, 0.2) is 0 Å². The molecule has 0 unspecified atom stereocenters. The first-order valence-electron chi connectivity index (χ1n) is 5.05. The molecule has 2 rings (SSSR count). The van der Waals surface area contributed by atoms with E-state index in [9.17, 15) is 9.18 Å². The molecule has 2 aromatic rings. The zero-order chi connectivity index (χ0) is 13.1. The number of hydrogen-bond donors (Lipinski definition) is 2. The second kappa shape index (κ2) is 5.14. The van der Waals surface area contributed by atoms with E-state index in [1.165, 1.54) is 11.8 Å². The van der Waals surface area contributed by atoms with E-state index in [-0.39, 0.29) is 5.69 Å². The van der Waals surface area contributed by atoms with Crippen molar-refractivity contribution in [3.63, 3.8) is 0 Å². The number of nitrogens with two attached hydrogens (primary N) is 1. The topological polar surface area (TPSA) is 76.5 Å². The van der Waals surface area contributed by atoms with Gasteiger partial charge in [0.05, 0.1) is 17.6 Å². The SMILES string of the molecule is Nc1cc(C(=O)O)c(F)cc1SCc1ccco1. The Kier molecular flexibility index (Phi) is 3.57. The normalized spacial score (nSPS) is 10.5. The Morgan fingerprint density at radius 2 is 2.28 bits per heavy atom. The summed E-state index contributed by atoms with van der Waals surface area (Å²) in [5, 5.41) is 8.74. The van der Waals surface area contributed by atoms with Gasteiger partial charge in [-0.2, -0.15) is 0 Å². The molecular weight excluding hydrogens is 257 g/mol. The Hall–Kier alpha value is -1.95. The second-order valence-corrected chi connectivity index (χ2v) is 4.56. The molecule has 0 aliphatic carbocycles. The van der Waals surface area contributed by atoms with Gasteiger partial charge in [-0.05, 0) is 24.3 Å². The number of carbonyl (C=O) groups is 1. The van der Waals surface area contributed by atoms with Gasteiger partial charge < -0.3 is 15.3 Å². The Balaban J connectivity index is 2.19. The molecule has 0 bridgehead atoms. The fourth-order valence-electron chi connectivity index (χ4n) is 1.40. The van der Waals surface area contributed by atoms with Crippen LogP contribution in [0.1, 0.15) is 16.1 Å². The van der Waals surface area contributed by atoms with Crippen molar-refractivity contribution in [2.24, 2.45) is 0 Å². The average molecular weight is 267 g/mol. The molecule has 0 spiro atoms. The maximum atomic E-state index is 13.5. The molecule has 0 radical (unpaired) electrons. The van der Waals surface area contributed by atoms with E-state index in [1.54, 1.807) is 18.4 Å². The van der Waals surface area contributed by atoms with Crippen molar-refractivity contribution in [3.8, 4) is 0 Å². The number of carboxylic acid groups (broad SMARTS) is 1. The van der Waals surface area contributed by atoms with Gasteiger partial charge in [-0.15, -0.1) is 11.8 Å². The lowest BCUT2D eigenvalue weighted by atomic mass is 10.2. The summed E-state index contributed by atoms with van der Waals surface area (Å²) in [6.45, 7) is 0. The molecule has 0 fully saturated rings. The molecule has 1 heterocycles. The zero-order valence-corrected chi connectivity index (χ0v) is 10.0. The lowest BCUT2D eigenvalue weighted by Crippen LogP contribution is -2.03. The van der Waals surface area contributed by atoms with Crippen LogP contribution in [0, 0.1) is 5.82 Å². The summed E-state index contributed by atoms with van der Waals surface area (Å²) < 4.78 is 18.6. The first-order chi connectivity index (χ1) is 8.58. The molecule has 1 aromatic carbocycles. The van der Waals surface area contributed by atoms with Gasteiger partial charge in [0.2, 0.25) is 0 Å². The number of halogens is 1. The number of hydrogen-bond acceptors (Lipinski definition) is 4. The average Bonchev–Trinajstić information content (AvgIpc) is 2.82. The summed E-state index contributed by atoms with van der Waals surface area (Å²) in [6.07, 6.45) is 1.55. The van der Waals surface area contributed by atoms with Crippen LogP contribution in [0.25, 0.3) is 0 Å². The first-order valence-corrected chi connectivity index (χ1v) is 6.04. The standard InChI is InChI=1S/C12H10FNO3S/c13-9-5-11(10(14)4-8(9)12(15)16)18-6-7-2-1-3-17-7/h1-5H,6,14H2,(H,15,16). The third kappa shape index (κ3) is 2.65. The van der Waals surface area contributed by atoms with Gasteiger partial charge in [-0.3, -0.25) is 0 Å². The lowest BCUT2D eigenvalue weighted by molar-refractivity contribution is 0.0692. The summed E-state index contributed by atoms with van der Waals surface area (Å²) in [5.74, 6) is -0.883. The smallest absolute Gasteiger partial charge is 0.338 e. The van der Waals surface area contributed by atoms with Crippen LogP contribution in [0.4, 0.5) is 10.1 Å². The van der Waals surface area contributed by atoms with Crippen LogP contribution in [0.2, 0.25) is 0 Å². The van der Waals surface area contributed by atoms with E-state index >= 15 is 0 Å². The van der Waals surface area contributed by atoms with Crippen LogP contribution in [-0.2, 0) is 5.75 Å². The van der Waals surface area contributed by atoms with Gasteiger partial charge >= 0.3 is 5.97 Å². The zero-order valence-electron chi connectivity index (χ0n) is 9.22. The van der Waals surface area contributed by atoms with Crippen molar-refractivity contribution in [2.45, 2.75) is 10.6 Å². The highest BCUT2D eigenvalue weighted by molar-refractivity contribution is 7.98. The summed E-state index contributed by atoms with van der Waals surface area (Å²) in [4.78, 5) is 11.2.